The number of anilines is 2. The minimum absolute atomic E-state index is 0.104. The van der Waals surface area contributed by atoms with Gasteiger partial charge in [0, 0.05) is 6.20 Å². The maximum absolute atomic E-state index is 13.3. The second-order valence-corrected chi connectivity index (χ2v) is 6.19. The Hall–Kier alpha value is -1.86. The molecule has 5 nitrogen and oxygen atoms in total. The number of pyridine rings is 1. The predicted molar refractivity (Wildman–Crippen MR) is 75.6 cm³/mol. The van der Waals surface area contributed by atoms with Crippen molar-refractivity contribution in [2.75, 3.05) is 10.5 Å². The lowest BCUT2D eigenvalue weighted by atomic mass is 10.2. The molecule has 0 unspecified atom stereocenters. The molecule has 3 N–H and O–H groups in total. The molecule has 0 aliphatic carbocycles. The van der Waals surface area contributed by atoms with Gasteiger partial charge in [-0.2, -0.15) is 0 Å². The number of nitrogens with zero attached hydrogens (tertiary/aromatic N) is 1. The van der Waals surface area contributed by atoms with Gasteiger partial charge in [-0.25, -0.2) is 17.8 Å². The average Bonchev–Trinajstić information content (AvgIpc) is 2.36. The SMILES string of the molecule is Cc1cc(F)c(N)cc1S(=O)(=O)Nc1ccc(Cl)cn1. The highest BCUT2D eigenvalue weighted by atomic mass is 35.5. The normalized spacial score (nSPS) is 11.3. The van der Waals surface area contributed by atoms with Gasteiger partial charge in [-0.1, -0.05) is 11.6 Å². The molecule has 0 radical (unpaired) electrons. The number of benzene rings is 1. The number of sulfonamides is 1. The highest BCUT2D eigenvalue weighted by Gasteiger charge is 2.19. The second kappa shape index (κ2) is 5.26. The van der Waals surface area contributed by atoms with Crippen molar-refractivity contribution < 1.29 is 12.8 Å². The Morgan fingerprint density at radius 1 is 1.35 bits per heavy atom. The first-order valence-electron chi connectivity index (χ1n) is 5.49. The van der Waals surface area contributed by atoms with Crippen molar-refractivity contribution in [2.24, 2.45) is 0 Å². The van der Waals surface area contributed by atoms with Crippen molar-refractivity contribution in [3.63, 3.8) is 0 Å². The summed E-state index contributed by atoms with van der Waals surface area (Å²) in [5.41, 5.74) is 5.41. The van der Waals surface area contributed by atoms with Gasteiger partial charge in [0.15, 0.2) is 0 Å². The van der Waals surface area contributed by atoms with Crippen molar-refractivity contribution in [1.82, 2.24) is 4.98 Å². The molecule has 8 heteroatoms. The fourth-order valence-electron chi connectivity index (χ4n) is 1.59. The lowest BCUT2D eigenvalue weighted by Gasteiger charge is -2.11. The quantitative estimate of drug-likeness (QED) is 0.852. The van der Waals surface area contributed by atoms with E-state index < -0.39 is 15.8 Å². The second-order valence-electron chi connectivity index (χ2n) is 4.11. The van der Waals surface area contributed by atoms with Crippen molar-refractivity contribution in [3.05, 3.63) is 46.9 Å². The Balaban J connectivity index is 2.40. The lowest BCUT2D eigenvalue weighted by molar-refractivity contribution is 0.599. The molecule has 0 fully saturated rings. The highest BCUT2D eigenvalue weighted by molar-refractivity contribution is 7.92. The number of aromatic nitrogens is 1. The van der Waals surface area contributed by atoms with E-state index in [1.165, 1.54) is 25.3 Å². The molecule has 2 aromatic rings. The lowest BCUT2D eigenvalue weighted by Crippen LogP contribution is -2.15. The third-order valence-corrected chi connectivity index (χ3v) is 4.27. The van der Waals surface area contributed by atoms with Gasteiger partial charge in [-0.3, -0.25) is 4.72 Å². The summed E-state index contributed by atoms with van der Waals surface area (Å²) in [4.78, 5) is 3.73. The van der Waals surface area contributed by atoms with Crippen molar-refractivity contribution >= 4 is 33.1 Å². The largest absolute Gasteiger partial charge is 0.396 e. The van der Waals surface area contributed by atoms with Crippen LogP contribution in [0.15, 0.2) is 35.4 Å². The summed E-state index contributed by atoms with van der Waals surface area (Å²) >= 11 is 5.67. The smallest absolute Gasteiger partial charge is 0.263 e. The van der Waals surface area contributed by atoms with Gasteiger partial charge < -0.3 is 5.73 Å². The molecule has 0 amide bonds. The Kier molecular flexibility index (Phi) is 3.82. The number of hydrogen-bond donors (Lipinski definition) is 2. The van der Waals surface area contributed by atoms with Crippen LogP contribution in [-0.4, -0.2) is 13.4 Å². The van der Waals surface area contributed by atoms with Crippen LogP contribution >= 0.6 is 11.6 Å². The molecule has 0 saturated heterocycles. The van der Waals surface area contributed by atoms with E-state index in [9.17, 15) is 12.8 Å². The van der Waals surface area contributed by atoms with Gasteiger partial charge in [0.05, 0.1) is 15.6 Å². The molecule has 0 saturated carbocycles. The topological polar surface area (TPSA) is 85.1 Å². The summed E-state index contributed by atoms with van der Waals surface area (Å²) in [5.74, 6) is -0.553. The zero-order chi connectivity index (χ0) is 14.9. The van der Waals surface area contributed by atoms with E-state index in [1.807, 2.05) is 0 Å². The number of hydrogen-bond acceptors (Lipinski definition) is 4. The predicted octanol–water partition coefficient (Wildman–Crippen LogP) is 2.57. The number of nitrogens with one attached hydrogen (secondary N) is 1. The average molecular weight is 316 g/mol. The summed E-state index contributed by atoms with van der Waals surface area (Å²) in [5, 5.41) is 0.384. The van der Waals surface area contributed by atoms with Crippen LogP contribution < -0.4 is 10.5 Å². The summed E-state index contributed by atoms with van der Waals surface area (Å²) in [6, 6.07) is 5.06. The van der Waals surface area contributed by atoms with E-state index in [1.54, 1.807) is 0 Å². The molecule has 0 bridgehead atoms. The van der Waals surface area contributed by atoms with Gasteiger partial charge in [0.25, 0.3) is 10.0 Å². The molecule has 1 aromatic heterocycles. The molecular weight excluding hydrogens is 305 g/mol. The van der Waals surface area contributed by atoms with Crippen LogP contribution in [0.4, 0.5) is 15.9 Å². The monoisotopic (exact) mass is 315 g/mol. The Labute approximate surface area is 120 Å². The summed E-state index contributed by atoms with van der Waals surface area (Å²) in [7, 11) is -3.90. The number of nitrogen functional groups attached to an aromatic ring is 1. The Morgan fingerprint density at radius 2 is 2.05 bits per heavy atom. The summed E-state index contributed by atoms with van der Waals surface area (Å²) < 4.78 is 39.9. The molecule has 2 rings (SSSR count). The zero-order valence-corrected chi connectivity index (χ0v) is 12.0. The standard InChI is InChI=1S/C12H11ClFN3O2S/c1-7-4-9(14)10(15)5-11(7)20(18,19)17-12-3-2-8(13)6-16-12/h2-6H,15H2,1H3,(H,16,17). The fraction of sp³-hybridized carbons (Fsp3) is 0.0833. The van der Waals surface area contributed by atoms with E-state index in [-0.39, 0.29) is 22.0 Å². The maximum atomic E-state index is 13.3. The molecule has 1 aromatic carbocycles. The minimum atomic E-state index is -3.90. The van der Waals surface area contributed by atoms with E-state index in [0.29, 0.717) is 5.02 Å². The minimum Gasteiger partial charge on any atom is -0.396 e. The van der Waals surface area contributed by atoms with Gasteiger partial charge in [-0.05, 0) is 36.8 Å². The molecule has 0 spiro atoms. The number of halogens is 2. The van der Waals surface area contributed by atoms with Crippen LogP contribution in [0.1, 0.15) is 5.56 Å². The van der Waals surface area contributed by atoms with Crippen LogP contribution in [-0.2, 0) is 10.0 Å². The van der Waals surface area contributed by atoms with Crippen molar-refractivity contribution in [2.45, 2.75) is 11.8 Å². The third kappa shape index (κ3) is 3.00. The van der Waals surface area contributed by atoms with E-state index in [2.05, 4.69) is 9.71 Å². The van der Waals surface area contributed by atoms with E-state index >= 15 is 0 Å². The molecule has 0 aliphatic rings. The molecule has 1 heterocycles. The molecular formula is C12H11ClFN3O2S. The van der Waals surface area contributed by atoms with Gasteiger partial charge >= 0.3 is 0 Å². The van der Waals surface area contributed by atoms with Gasteiger partial charge in [0.1, 0.15) is 11.6 Å². The molecule has 106 valence electrons. The maximum Gasteiger partial charge on any atom is 0.263 e. The van der Waals surface area contributed by atoms with Gasteiger partial charge in [-0.15, -0.1) is 0 Å². The van der Waals surface area contributed by atoms with Crippen LogP contribution in [0.5, 0.6) is 0 Å². The highest BCUT2D eigenvalue weighted by Crippen LogP contribution is 2.23. The molecule has 20 heavy (non-hydrogen) atoms. The van der Waals surface area contributed by atoms with Gasteiger partial charge in [0.2, 0.25) is 0 Å². The van der Waals surface area contributed by atoms with Crippen molar-refractivity contribution in [1.29, 1.82) is 0 Å². The van der Waals surface area contributed by atoms with E-state index in [0.717, 1.165) is 12.1 Å². The number of aryl methyl sites for hydroxylation is 1. The number of nitrogens with two attached hydrogens (primary N) is 1. The molecule has 0 atom stereocenters. The Morgan fingerprint density at radius 3 is 2.65 bits per heavy atom. The van der Waals surface area contributed by atoms with Crippen LogP contribution in [0.3, 0.4) is 0 Å². The third-order valence-electron chi connectivity index (χ3n) is 2.55. The number of rotatable bonds is 3. The first-order valence-corrected chi connectivity index (χ1v) is 7.36. The summed E-state index contributed by atoms with van der Waals surface area (Å²) in [6.45, 7) is 1.48. The first-order chi connectivity index (χ1) is 9.29. The van der Waals surface area contributed by atoms with Crippen LogP contribution in [0, 0.1) is 12.7 Å². The first kappa shape index (κ1) is 14.5. The van der Waals surface area contributed by atoms with E-state index in [4.69, 9.17) is 17.3 Å². The Bertz CT molecular complexity index is 748. The van der Waals surface area contributed by atoms with Crippen LogP contribution in [0.2, 0.25) is 5.02 Å². The summed E-state index contributed by atoms with van der Waals surface area (Å²) in [6.07, 6.45) is 1.31. The van der Waals surface area contributed by atoms with Crippen LogP contribution in [0.25, 0.3) is 0 Å². The van der Waals surface area contributed by atoms with Crippen molar-refractivity contribution in [3.8, 4) is 0 Å². The fourth-order valence-corrected chi connectivity index (χ4v) is 2.97. The zero-order valence-electron chi connectivity index (χ0n) is 10.4. The molecule has 0 aliphatic heterocycles.